The number of nitrogens with two attached hydrogens (primary N) is 1. The standard InChI is InChI=1S/C12H16Cl2N2/c1-16(7-8-3-2-4-8)12-10(13)5-9(15)6-11(12)14/h5-6,8H,2-4,7,15H2,1H3. The molecule has 0 unspecified atom stereocenters. The van der Waals surface area contributed by atoms with E-state index in [0.717, 1.165) is 18.2 Å². The molecule has 1 aromatic rings. The molecule has 2 rings (SSSR count). The third-order valence-electron chi connectivity index (χ3n) is 3.18. The molecule has 2 nitrogen and oxygen atoms in total. The van der Waals surface area contributed by atoms with E-state index < -0.39 is 0 Å². The van der Waals surface area contributed by atoms with Crippen molar-refractivity contribution in [2.45, 2.75) is 19.3 Å². The summed E-state index contributed by atoms with van der Waals surface area (Å²) in [6.07, 6.45) is 3.98. The van der Waals surface area contributed by atoms with Crippen LogP contribution >= 0.6 is 23.2 Å². The Morgan fingerprint density at radius 1 is 1.31 bits per heavy atom. The molecule has 0 heterocycles. The van der Waals surface area contributed by atoms with Crippen LogP contribution in [0.2, 0.25) is 10.0 Å². The number of nitrogen functional groups attached to an aromatic ring is 1. The molecule has 4 heteroatoms. The topological polar surface area (TPSA) is 29.3 Å². The molecule has 0 radical (unpaired) electrons. The van der Waals surface area contributed by atoms with Crippen molar-refractivity contribution >= 4 is 34.6 Å². The van der Waals surface area contributed by atoms with Crippen LogP contribution in [0.25, 0.3) is 0 Å². The highest BCUT2D eigenvalue weighted by molar-refractivity contribution is 6.39. The lowest BCUT2D eigenvalue weighted by Crippen LogP contribution is -2.29. The minimum Gasteiger partial charge on any atom is -0.399 e. The largest absolute Gasteiger partial charge is 0.399 e. The van der Waals surface area contributed by atoms with Gasteiger partial charge < -0.3 is 10.6 Å². The van der Waals surface area contributed by atoms with Crippen LogP contribution in [0.3, 0.4) is 0 Å². The molecule has 88 valence electrons. The van der Waals surface area contributed by atoms with E-state index in [1.165, 1.54) is 19.3 Å². The van der Waals surface area contributed by atoms with Gasteiger partial charge in [-0.05, 0) is 30.9 Å². The van der Waals surface area contributed by atoms with Crippen LogP contribution in [0.1, 0.15) is 19.3 Å². The summed E-state index contributed by atoms with van der Waals surface area (Å²) >= 11 is 12.3. The minimum atomic E-state index is 0.607. The second-order valence-electron chi connectivity index (χ2n) is 4.51. The maximum absolute atomic E-state index is 6.17. The van der Waals surface area contributed by atoms with Gasteiger partial charge in [-0.3, -0.25) is 0 Å². The van der Waals surface area contributed by atoms with Crippen molar-refractivity contribution in [3.05, 3.63) is 22.2 Å². The van der Waals surface area contributed by atoms with Gasteiger partial charge in [0.05, 0.1) is 15.7 Å². The Morgan fingerprint density at radius 2 is 1.88 bits per heavy atom. The zero-order valence-electron chi connectivity index (χ0n) is 9.34. The fraction of sp³-hybridized carbons (Fsp3) is 0.500. The molecule has 2 N–H and O–H groups in total. The van der Waals surface area contributed by atoms with Crippen LogP contribution in [-0.2, 0) is 0 Å². The van der Waals surface area contributed by atoms with E-state index in [2.05, 4.69) is 4.90 Å². The third-order valence-corrected chi connectivity index (χ3v) is 3.75. The van der Waals surface area contributed by atoms with Gasteiger partial charge in [0, 0.05) is 19.3 Å². The van der Waals surface area contributed by atoms with Crippen molar-refractivity contribution in [3.8, 4) is 0 Å². The number of nitrogens with zero attached hydrogens (tertiary/aromatic N) is 1. The maximum Gasteiger partial charge on any atom is 0.0743 e. The summed E-state index contributed by atoms with van der Waals surface area (Å²) < 4.78 is 0. The van der Waals surface area contributed by atoms with Gasteiger partial charge >= 0.3 is 0 Å². The predicted molar refractivity (Wildman–Crippen MR) is 71.5 cm³/mol. The summed E-state index contributed by atoms with van der Waals surface area (Å²) in [5, 5.41) is 1.26. The number of rotatable bonds is 3. The van der Waals surface area contributed by atoms with Gasteiger partial charge in [-0.15, -0.1) is 0 Å². The lowest BCUT2D eigenvalue weighted by molar-refractivity contribution is 0.321. The molecule has 0 bridgehead atoms. The Balaban J connectivity index is 2.17. The van der Waals surface area contributed by atoms with Gasteiger partial charge in [0.2, 0.25) is 0 Å². The first-order valence-corrected chi connectivity index (χ1v) is 6.29. The molecule has 16 heavy (non-hydrogen) atoms. The number of anilines is 2. The first kappa shape index (κ1) is 11.9. The maximum atomic E-state index is 6.17. The number of hydrogen-bond acceptors (Lipinski definition) is 2. The van der Waals surface area contributed by atoms with Gasteiger partial charge in [-0.1, -0.05) is 29.6 Å². The van der Waals surface area contributed by atoms with Gasteiger partial charge in [-0.25, -0.2) is 0 Å². The molecule has 0 aromatic heterocycles. The molecule has 1 aliphatic carbocycles. The Labute approximate surface area is 106 Å². The molecule has 1 aliphatic rings. The number of hydrogen-bond donors (Lipinski definition) is 1. The van der Waals surface area contributed by atoms with E-state index in [1.54, 1.807) is 12.1 Å². The average Bonchev–Trinajstić information content (AvgIpc) is 2.09. The minimum absolute atomic E-state index is 0.607. The van der Waals surface area contributed by atoms with Crippen LogP contribution in [0, 0.1) is 5.92 Å². The van der Waals surface area contributed by atoms with E-state index in [9.17, 15) is 0 Å². The van der Waals surface area contributed by atoms with Crippen LogP contribution in [-0.4, -0.2) is 13.6 Å². The Morgan fingerprint density at radius 3 is 2.31 bits per heavy atom. The molecule has 0 aliphatic heterocycles. The summed E-state index contributed by atoms with van der Waals surface area (Å²) in [6.45, 7) is 1.02. The molecule has 1 aromatic carbocycles. The fourth-order valence-electron chi connectivity index (χ4n) is 2.10. The lowest BCUT2D eigenvalue weighted by Gasteiger charge is -2.32. The van der Waals surface area contributed by atoms with Crippen molar-refractivity contribution in [3.63, 3.8) is 0 Å². The van der Waals surface area contributed by atoms with Crippen LogP contribution in [0.15, 0.2) is 12.1 Å². The molecule has 0 atom stereocenters. The molecule has 0 amide bonds. The fourth-order valence-corrected chi connectivity index (χ4v) is 2.90. The van der Waals surface area contributed by atoms with E-state index in [-0.39, 0.29) is 0 Å². The molecule has 1 fully saturated rings. The quantitative estimate of drug-likeness (QED) is 0.836. The monoisotopic (exact) mass is 258 g/mol. The summed E-state index contributed by atoms with van der Waals surface area (Å²) in [5.74, 6) is 0.787. The van der Waals surface area contributed by atoms with E-state index in [4.69, 9.17) is 28.9 Å². The van der Waals surface area contributed by atoms with E-state index in [1.807, 2.05) is 7.05 Å². The van der Waals surface area contributed by atoms with Crippen molar-refractivity contribution in [1.29, 1.82) is 0 Å². The van der Waals surface area contributed by atoms with Gasteiger partial charge in [0.15, 0.2) is 0 Å². The summed E-state index contributed by atoms with van der Waals surface area (Å²) in [6, 6.07) is 3.50. The van der Waals surface area contributed by atoms with Crippen molar-refractivity contribution in [1.82, 2.24) is 0 Å². The number of halogens is 2. The molecular formula is C12H16Cl2N2. The molecule has 0 saturated heterocycles. The van der Waals surface area contributed by atoms with Crippen LogP contribution < -0.4 is 10.6 Å². The van der Waals surface area contributed by atoms with Crippen LogP contribution in [0.5, 0.6) is 0 Å². The zero-order valence-corrected chi connectivity index (χ0v) is 10.9. The Kier molecular flexibility index (Phi) is 3.50. The first-order chi connectivity index (χ1) is 7.58. The summed E-state index contributed by atoms with van der Waals surface area (Å²) in [7, 11) is 2.03. The van der Waals surface area contributed by atoms with Crippen molar-refractivity contribution < 1.29 is 0 Å². The Hall–Kier alpha value is -0.600. The zero-order chi connectivity index (χ0) is 11.7. The predicted octanol–water partition coefficient (Wildman–Crippen LogP) is 3.81. The highest BCUT2D eigenvalue weighted by atomic mass is 35.5. The van der Waals surface area contributed by atoms with Gasteiger partial charge in [-0.2, -0.15) is 0 Å². The SMILES string of the molecule is CN(CC1CCC1)c1c(Cl)cc(N)cc1Cl. The van der Waals surface area contributed by atoms with Gasteiger partial charge in [0.25, 0.3) is 0 Å². The second kappa shape index (κ2) is 4.72. The van der Waals surface area contributed by atoms with E-state index >= 15 is 0 Å². The molecule has 1 saturated carbocycles. The normalized spacial score (nSPS) is 15.9. The van der Waals surface area contributed by atoms with Crippen LogP contribution in [0.4, 0.5) is 11.4 Å². The highest BCUT2D eigenvalue weighted by Gasteiger charge is 2.21. The molecular weight excluding hydrogens is 243 g/mol. The smallest absolute Gasteiger partial charge is 0.0743 e. The summed E-state index contributed by atoms with van der Waals surface area (Å²) in [4.78, 5) is 2.13. The van der Waals surface area contributed by atoms with Crippen molar-refractivity contribution in [2.24, 2.45) is 5.92 Å². The van der Waals surface area contributed by atoms with Crippen molar-refractivity contribution in [2.75, 3.05) is 24.2 Å². The highest BCUT2D eigenvalue weighted by Crippen LogP contribution is 2.37. The summed E-state index contributed by atoms with van der Waals surface area (Å²) in [5.41, 5.74) is 7.18. The lowest BCUT2D eigenvalue weighted by atomic mass is 9.85. The first-order valence-electron chi connectivity index (χ1n) is 5.53. The number of benzene rings is 1. The van der Waals surface area contributed by atoms with Gasteiger partial charge in [0.1, 0.15) is 0 Å². The third kappa shape index (κ3) is 2.38. The second-order valence-corrected chi connectivity index (χ2v) is 5.33. The Bertz CT molecular complexity index is 366. The average molecular weight is 259 g/mol. The molecule has 0 spiro atoms. The van der Waals surface area contributed by atoms with E-state index in [0.29, 0.717) is 15.7 Å².